The molecule has 0 aliphatic rings. The number of aromatic hydroxyl groups is 1. The molecule has 5 nitrogen and oxygen atoms in total. The van der Waals surface area contributed by atoms with Crippen LogP contribution in [-0.2, 0) is 6.54 Å². The molecule has 2 rings (SSSR count). The number of carbonyl (C=O) groups is 1. The predicted molar refractivity (Wildman–Crippen MR) is 78.3 cm³/mol. The smallest absolute Gasteiger partial charge is 0.265 e. The third-order valence-corrected chi connectivity index (χ3v) is 3.04. The lowest BCUT2D eigenvalue weighted by Crippen LogP contribution is -2.29. The molecule has 0 unspecified atom stereocenters. The van der Waals surface area contributed by atoms with Crippen LogP contribution >= 0.6 is 0 Å². The van der Waals surface area contributed by atoms with E-state index in [-0.39, 0.29) is 11.7 Å². The molecule has 0 fully saturated rings. The van der Waals surface area contributed by atoms with E-state index in [2.05, 4.69) is 5.43 Å². The number of nitrogen functional groups attached to an aromatic ring is 1. The zero-order valence-corrected chi connectivity index (χ0v) is 11.2. The monoisotopic (exact) mass is 271 g/mol. The Morgan fingerprint density at radius 3 is 2.55 bits per heavy atom. The van der Waals surface area contributed by atoms with E-state index in [0.29, 0.717) is 12.1 Å². The number of nitrogens with one attached hydrogen (secondary N) is 1. The van der Waals surface area contributed by atoms with Gasteiger partial charge in [0.05, 0.1) is 0 Å². The summed E-state index contributed by atoms with van der Waals surface area (Å²) in [5.41, 5.74) is 4.61. The zero-order chi connectivity index (χ0) is 14.5. The number of amides is 1. The van der Waals surface area contributed by atoms with Crippen molar-refractivity contribution in [2.24, 2.45) is 5.84 Å². The van der Waals surface area contributed by atoms with Gasteiger partial charge in [-0.05, 0) is 29.8 Å². The van der Waals surface area contributed by atoms with Gasteiger partial charge in [-0.3, -0.25) is 10.2 Å². The first-order valence-electron chi connectivity index (χ1n) is 6.20. The predicted octanol–water partition coefficient (Wildman–Crippen LogP) is 1.63. The highest BCUT2D eigenvalue weighted by molar-refractivity contribution is 5.93. The molecule has 20 heavy (non-hydrogen) atoms. The standard InChI is InChI=1S/C15H17N3O2/c1-18(13-3-2-4-14(19)9-13)10-11-5-7-12(8-6-11)15(20)17-16/h2-9,19H,10,16H2,1H3,(H,17,20). The van der Waals surface area contributed by atoms with Crippen LogP contribution in [0.25, 0.3) is 0 Å². The molecule has 4 N–H and O–H groups in total. The van der Waals surface area contributed by atoms with Crippen molar-refractivity contribution in [3.8, 4) is 5.75 Å². The van der Waals surface area contributed by atoms with E-state index >= 15 is 0 Å². The highest BCUT2D eigenvalue weighted by Gasteiger charge is 2.05. The maximum atomic E-state index is 11.3. The fourth-order valence-electron chi connectivity index (χ4n) is 1.94. The minimum absolute atomic E-state index is 0.240. The van der Waals surface area contributed by atoms with Crippen LogP contribution in [0.15, 0.2) is 48.5 Å². The zero-order valence-electron chi connectivity index (χ0n) is 11.2. The summed E-state index contributed by atoms with van der Waals surface area (Å²) in [5, 5.41) is 9.47. The van der Waals surface area contributed by atoms with E-state index in [1.165, 1.54) is 0 Å². The average Bonchev–Trinajstić information content (AvgIpc) is 2.47. The summed E-state index contributed by atoms with van der Waals surface area (Å²) >= 11 is 0. The van der Waals surface area contributed by atoms with Crippen molar-refractivity contribution >= 4 is 11.6 Å². The van der Waals surface area contributed by atoms with Gasteiger partial charge in [0.15, 0.2) is 0 Å². The van der Waals surface area contributed by atoms with Crippen LogP contribution in [0.2, 0.25) is 0 Å². The molecule has 0 saturated heterocycles. The van der Waals surface area contributed by atoms with Crippen LogP contribution in [0.1, 0.15) is 15.9 Å². The number of phenols is 1. The molecule has 0 spiro atoms. The quantitative estimate of drug-likeness (QED) is 0.448. The van der Waals surface area contributed by atoms with Crippen LogP contribution in [-0.4, -0.2) is 18.1 Å². The van der Waals surface area contributed by atoms with Gasteiger partial charge in [-0.15, -0.1) is 0 Å². The van der Waals surface area contributed by atoms with Crippen molar-refractivity contribution in [1.82, 2.24) is 5.43 Å². The highest BCUT2D eigenvalue weighted by Crippen LogP contribution is 2.20. The highest BCUT2D eigenvalue weighted by atomic mass is 16.3. The summed E-state index contributed by atoms with van der Waals surface area (Å²) in [6, 6.07) is 14.3. The summed E-state index contributed by atoms with van der Waals surface area (Å²) in [7, 11) is 1.94. The van der Waals surface area contributed by atoms with Crippen molar-refractivity contribution in [2.45, 2.75) is 6.54 Å². The normalized spacial score (nSPS) is 10.1. The van der Waals surface area contributed by atoms with Crippen molar-refractivity contribution in [3.63, 3.8) is 0 Å². The van der Waals surface area contributed by atoms with Crippen LogP contribution in [0.3, 0.4) is 0 Å². The Kier molecular flexibility index (Phi) is 4.22. The molecule has 1 amide bonds. The second-order valence-corrected chi connectivity index (χ2v) is 4.55. The summed E-state index contributed by atoms with van der Waals surface area (Å²) < 4.78 is 0. The molecule has 0 heterocycles. The van der Waals surface area contributed by atoms with E-state index in [0.717, 1.165) is 11.3 Å². The molecular formula is C15H17N3O2. The fraction of sp³-hybridized carbons (Fsp3) is 0.133. The number of benzene rings is 2. The maximum absolute atomic E-state index is 11.3. The van der Waals surface area contributed by atoms with E-state index < -0.39 is 0 Å². The maximum Gasteiger partial charge on any atom is 0.265 e. The number of anilines is 1. The van der Waals surface area contributed by atoms with E-state index in [1.807, 2.05) is 30.1 Å². The SMILES string of the molecule is CN(Cc1ccc(C(=O)NN)cc1)c1cccc(O)c1. The molecule has 0 radical (unpaired) electrons. The Labute approximate surface area is 117 Å². The van der Waals surface area contributed by atoms with Gasteiger partial charge >= 0.3 is 0 Å². The van der Waals surface area contributed by atoms with Crippen molar-refractivity contribution < 1.29 is 9.90 Å². The van der Waals surface area contributed by atoms with Gasteiger partial charge in [-0.2, -0.15) is 0 Å². The number of nitrogens with zero attached hydrogens (tertiary/aromatic N) is 1. The average molecular weight is 271 g/mol. The Hall–Kier alpha value is -2.53. The molecule has 104 valence electrons. The molecule has 5 heteroatoms. The molecule has 0 saturated carbocycles. The van der Waals surface area contributed by atoms with Crippen LogP contribution < -0.4 is 16.2 Å². The minimum Gasteiger partial charge on any atom is -0.508 e. The van der Waals surface area contributed by atoms with E-state index in [9.17, 15) is 9.90 Å². The summed E-state index contributed by atoms with van der Waals surface area (Å²) in [6.07, 6.45) is 0. The molecule has 0 aliphatic heterocycles. The van der Waals surface area contributed by atoms with Crippen LogP contribution in [0.5, 0.6) is 5.75 Å². The molecule has 0 bridgehead atoms. The number of rotatable bonds is 4. The summed E-state index contributed by atoms with van der Waals surface area (Å²) in [6.45, 7) is 0.675. The lowest BCUT2D eigenvalue weighted by Gasteiger charge is -2.19. The number of carbonyl (C=O) groups excluding carboxylic acids is 1. The van der Waals surface area contributed by atoms with Crippen molar-refractivity contribution in [1.29, 1.82) is 0 Å². The largest absolute Gasteiger partial charge is 0.508 e. The van der Waals surface area contributed by atoms with Gasteiger partial charge in [0.2, 0.25) is 0 Å². The molecule has 2 aromatic rings. The van der Waals surface area contributed by atoms with Gasteiger partial charge in [-0.1, -0.05) is 18.2 Å². The number of hydrogen-bond acceptors (Lipinski definition) is 4. The Morgan fingerprint density at radius 2 is 1.95 bits per heavy atom. The first kappa shape index (κ1) is 13.9. The van der Waals surface area contributed by atoms with E-state index in [4.69, 9.17) is 5.84 Å². The van der Waals surface area contributed by atoms with Gasteiger partial charge in [0.1, 0.15) is 5.75 Å². The van der Waals surface area contributed by atoms with Gasteiger partial charge in [0.25, 0.3) is 5.91 Å². The number of phenolic OH excluding ortho intramolecular Hbond substituents is 1. The van der Waals surface area contributed by atoms with E-state index in [1.54, 1.807) is 30.3 Å². The molecule has 0 aromatic heterocycles. The topological polar surface area (TPSA) is 78.6 Å². The molecule has 0 aliphatic carbocycles. The third-order valence-electron chi connectivity index (χ3n) is 3.04. The molecular weight excluding hydrogens is 254 g/mol. The lowest BCUT2D eigenvalue weighted by molar-refractivity contribution is 0.0953. The first-order chi connectivity index (χ1) is 9.60. The van der Waals surface area contributed by atoms with Crippen LogP contribution in [0.4, 0.5) is 5.69 Å². The number of hydrazine groups is 1. The lowest BCUT2D eigenvalue weighted by atomic mass is 10.1. The second kappa shape index (κ2) is 6.08. The minimum atomic E-state index is -0.308. The first-order valence-corrected chi connectivity index (χ1v) is 6.20. The Morgan fingerprint density at radius 1 is 1.25 bits per heavy atom. The van der Waals surface area contributed by atoms with Gasteiger partial charge in [-0.25, -0.2) is 5.84 Å². The number of hydrogen-bond donors (Lipinski definition) is 3. The number of nitrogens with two attached hydrogens (primary N) is 1. The van der Waals surface area contributed by atoms with Gasteiger partial charge in [0, 0.05) is 30.9 Å². The van der Waals surface area contributed by atoms with Crippen molar-refractivity contribution in [2.75, 3.05) is 11.9 Å². The second-order valence-electron chi connectivity index (χ2n) is 4.55. The van der Waals surface area contributed by atoms with Gasteiger partial charge < -0.3 is 10.0 Å². The fourth-order valence-corrected chi connectivity index (χ4v) is 1.94. The van der Waals surface area contributed by atoms with Crippen molar-refractivity contribution in [3.05, 3.63) is 59.7 Å². The molecule has 0 atom stereocenters. The summed E-state index contributed by atoms with van der Waals surface area (Å²) in [4.78, 5) is 13.3. The van der Waals surface area contributed by atoms with Crippen LogP contribution in [0, 0.1) is 0 Å². The summed E-state index contributed by atoms with van der Waals surface area (Å²) in [5.74, 6) is 5.01. The third kappa shape index (κ3) is 3.27. The Balaban J connectivity index is 2.08. The Bertz CT molecular complexity index is 596. The molecule has 2 aromatic carbocycles.